The lowest BCUT2D eigenvalue weighted by Crippen LogP contribution is -1.95. The summed E-state index contributed by atoms with van der Waals surface area (Å²) < 4.78 is 5.18. The van der Waals surface area contributed by atoms with Crippen LogP contribution in [0.1, 0.15) is 5.56 Å². The Morgan fingerprint density at radius 2 is 1.94 bits per heavy atom. The molecule has 3 N–H and O–H groups in total. The van der Waals surface area contributed by atoms with Crippen LogP contribution in [0.25, 0.3) is 0 Å². The first-order chi connectivity index (χ1) is 8.60. The van der Waals surface area contributed by atoms with Crippen LogP contribution >= 0.6 is 11.6 Å². The maximum Gasteiger partial charge on any atom is 0.139 e. The number of rotatable bonds is 3. The predicted molar refractivity (Wildman–Crippen MR) is 76.9 cm³/mol. The standard InChI is InChI=1S/C14H15ClN2O/c1-9-7-10(16)3-6-13(9)17-11-4-5-12(15)14(8-11)18-2/h3-8,17H,16H2,1-2H3. The third kappa shape index (κ3) is 2.68. The van der Waals surface area contributed by atoms with Crippen LogP contribution in [-0.2, 0) is 0 Å². The average molecular weight is 263 g/mol. The Morgan fingerprint density at radius 3 is 2.61 bits per heavy atom. The van der Waals surface area contributed by atoms with Crippen molar-refractivity contribution in [1.82, 2.24) is 0 Å². The van der Waals surface area contributed by atoms with Crippen molar-refractivity contribution < 1.29 is 4.74 Å². The third-order valence-electron chi connectivity index (χ3n) is 2.68. The number of benzene rings is 2. The van der Waals surface area contributed by atoms with Gasteiger partial charge in [-0.05, 0) is 42.8 Å². The first-order valence-electron chi connectivity index (χ1n) is 5.57. The van der Waals surface area contributed by atoms with E-state index in [0.717, 1.165) is 22.6 Å². The van der Waals surface area contributed by atoms with Crippen LogP contribution in [0.15, 0.2) is 36.4 Å². The molecule has 0 saturated carbocycles. The van der Waals surface area contributed by atoms with E-state index in [-0.39, 0.29) is 0 Å². The molecule has 94 valence electrons. The van der Waals surface area contributed by atoms with Gasteiger partial charge in [0.25, 0.3) is 0 Å². The lowest BCUT2D eigenvalue weighted by Gasteiger charge is -2.12. The topological polar surface area (TPSA) is 47.3 Å². The van der Waals surface area contributed by atoms with E-state index in [1.54, 1.807) is 13.2 Å². The first-order valence-corrected chi connectivity index (χ1v) is 5.94. The second kappa shape index (κ2) is 5.19. The van der Waals surface area contributed by atoms with E-state index in [0.29, 0.717) is 10.8 Å². The number of ether oxygens (including phenoxy) is 1. The molecule has 4 heteroatoms. The van der Waals surface area contributed by atoms with E-state index in [2.05, 4.69) is 5.32 Å². The Bertz CT molecular complexity index is 570. The number of hydrogen-bond donors (Lipinski definition) is 2. The fourth-order valence-corrected chi connectivity index (χ4v) is 1.91. The normalized spacial score (nSPS) is 10.2. The SMILES string of the molecule is COc1cc(Nc2ccc(N)cc2C)ccc1Cl. The summed E-state index contributed by atoms with van der Waals surface area (Å²) in [6.45, 7) is 2.01. The number of nitrogens with two attached hydrogens (primary N) is 1. The molecule has 0 amide bonds. The number of anilines is 3. The van der Waals surface area contributed by atoms with Gasteiger partial charge in [-0.1, -0.05) is 11.6 Å². The number of nitrogens with one attached hydrogen (secondary N) is 1. The van der Waals surface area contributed by atoms with Crippen molar-refractivity contribution in [3.8, 4) is 5.75 Å². The Labute approximate surface area is 112 Å². The van der Waals surface area contributed by atoms with Crippen LogP contribution in [0.4, 0.5) is 17.1 Å². The third-order valence-corrected chi connectivity index (χ3v) is 2.99. The molecule has 0 aliphatic heterocycles. The number of halogens is 1. The zero-order chi connectivity index (χ0) is 13.1. The Balaban J connectivity index is 2.28. The highest BCUT2D eigenvalue weighted by Gasteiger charge is 2.04. The molecule has 0 heterocycles. The van der Waals surface area contributed by atoms with Gasteiger partial charge in [0.1, 0.15) is 5.75 Å². The maximum absolute atomic E-state index is 5.98. The number of aryl methyl sites for hydroxylation is 1. The molecule has 0 bridgehead atoms. The van der Waals surface area contributed by atoms with E-state index in [9.17, 15) is 0 Å². The summed E-state index contributed by atoms with van der Waals surface area (Å²) in [6.07, 6.45) is 0. The van der Waals surface area contributed by atoms with E-state index in [4.69, 9.17) is 22.1 Å². The lowest BCUT2D eigenvalue weighted by atomic mass is 10.1. The van der Waals surface area contributed by atoms with Crippen LogP contribution in [0, 0.1) is 6.92 Å². The quantitative estimate of drug-likeness (QED) is 0.823. The van der Waals surface area contributed by atoms with E-state index < -0.39 is 0 Å². The molecule has 2 aromatic carbocycles. The lowest BCUT2D eigenvalue weighted by molar-refractivity contribution is 0.415. The fraction of sp³-hybridized carbons (Fsp3) is 0.143. The fourth-order valence-electron chi connectivity index (χ4n) is 1.72. The zero-order valence-corrected chi connectivity index (χ0v) is 11.1. The van der Waals surface area contributed by atoms with Gasteiger partial charge in [-0.2, -0.15) is 0 Å². The van der Waals surface area contributed by atoms with E-state index >= 15 is 0 Å². The smallest absolute Gasteiger partial charge is 0.139 e. The van der Waals surface area contributed by atoms with Crippen LogP contribution in [0.2, 0.25) is 5.02 Å². The highest BCUT2D eigenvalue weighted by molar-refractivity contribution is 6.32. The molecular formula is C14H15ClN2O. The predicted octanol–water partition coefficient (Wildman–Crippen LogP) is 3.98. The van der Waals surface area contributed by atoms with Crippen LogP contribution in [0.5, 0.6) is 5.75 Å². The minimum atomic E-state index is 0.595. The van der Waals surface area contributed by atoms with Gasteiger partial charge in [0.2, 0.25) is 0 Å². The molecular weight excluding hydrogens is 248 g/mol. The van der Waals surface area contributed by atoms with Crippen molar-refractivity contribution in [3.05, 3.63) is 47.0 Å². The molecule has 0 saturated heterocycles. The van der Waals surface area contributed by atoms with Crippen molar-refractivity contribution in [2.45, 2.75) is 6.92 Å². The van der Waals surface area contributed by atoms with Gasteiger partial charge >= 0.3 is 0 Å². The van der Waals surface area contributed by atoms with Gasteiger partial charge in [0.15, 0.2) is 0 Å². The number of methoxy groups -OCH3 is 1. The van der Waals surface area contributed by atoms with E-state index in [1.807, 2.05) is 37.3 Å². The van der Waals surface area contributed by atoms with Crippen LogP contribution in [0.3, 0.4) is 0 Å². The van der Waals surface area contributed by atoms with Crippen molar-refractivity contribution in [1.29, 1.82) is 0 Å². The summed E-state index contributed by atoms with van der Waals surface area (Å²) in [4.78, 5) is 0. The minimum absolute atomic E-state index is 0.595. The molecule has 0 spiro atoms. The number of nitrogen functional groups attached to an aromatic ring is 1. The highest BCUT2D eigenvalue weighted by Crippen LogP contribution is 2.30. The summed E-state index contributed by atoms with van der Waals surface area (Å²) in [5.41, 5.74) is 9.49. The van der Waals surface area contributed by atoms with Gasteiger partial charge in [-0.3, -0.25) is 0 Å². The summed E-state index contributed by atoms with van der Waals surface area (Å²) in [5, 5.41) is 3.90. The average Bonchev–Trinajstić information content (AvgIpc) is 2.35. The van der Waals surface area contributed by atoms with Gasteiger partial charge < -0.3 is 15.8 Å². The zero-order valence-electron chi connectivity index (χ0n) is 10.3. The van der Waals surface area contributed by atoms with Crippen LogP contribution in [-0.4, -0.2) is 7.11 Å². The summed E-state index contributed by atoms with van der Waals surface area (Å²) in [6, 6.07) is 11.3. The molecule has 0 aliphatic rings. The first kappa shape index (κ1) is 12.6. The maximum atomic E-state index is 5.98. The Hall–Kier alpha value is -1.87. The van der Waals surface area contributed by atoms with Crippen LogP contribution < -0.4 is 15.8 Å². The minimum Gasteiger partial charge on any atom is -0.495 e. The molecule has 0 aliphatic carbocycles. The summed E-state index contributed by atoms with van der Waals surface area (Å²) in [7, 11) is 1.60. The van der Waals surface area contributed by atoms with Gasteiger partial charge in [-0.25, -0.2) is 0 Å². The monoisotopic (exact) mass is 262 g/mol. The molecule has 2 rings (SSSR count). The largest absolute Gasteiger partial charge is 0.495 e. The summed E-state index contributed by atoms with van der Waals surface area (Å²) in [5.74, 6) is 0.648. The van der Waals surface area contributed by atoms with Crippen molar-refractivity contribution in [3.63, 3.8) is 0 Å². The molecule has 0 unspecified atom stereocenters. The van der Waals surface area contributed by atoms with Crippen molar-refractivity contribution >= 4 is 28.7 Å². The van der Waals surface area contributed by atoms with Gasteiger partial charge in [0, 0.05) is 23.1 Å². The molecule has 0 fully saturated rings. The molecule has 18 heavy (non-hydrogen) atoms. The Morgan fingerprint density at radius 1 is 1.17 bits per heavy atom. The molecule has 0 atom stereocenters. The molecule has 0 aromatic heterocycles. The van der Waals surface area contributed by atoms with E-state index in [1.165, 1.54) is 0 Å². The molecule has 3 nitrogen and oxygen atoms in total. The van der Waals surface area contributed by atoms with Gasteiger partial charge in [0.05, 0.1) is 12.1 Å². The Kier molecular flexibility index (Phi) is 3.63. The molecule has 2 aromatic rings. The number of hydrogen-bond acceptors (Lipinski definition) is 3. The van der Waals surface area contributed by atoms with Crippen molar-refractivity contribution in [2.24, 2.45) is 0 Å². The second-order valence-corrected chi connectivity index (χ2v) is 4.46. The highest BCUT2D eigenvalue weighted by atomic mass is 35.5. The van der Waals surface area contributed by atoms with Gasteiger partial charge in [-0.15, -0.1) is 0 Å². The molecule has 0 radical (unpaired) electrons. The van der Waals surface area contributed by atoms with Crippen molar-refractivity contribution in [2.75, 3.05) is 18.2 Å². The summed E-state index contributed by atoms with van der Waals surface area (Å²) >= 11 is 5.98. The second-order valence-electron chi connectivity index (χ2n) is 4.05.